The van der Waals surface area contributed by atoms with Gasteiger partial charge in [0, 0.05) is 7.11 Å². The molecule has 0 radical (unpaired) electrons. The molecule has 6 nitrogen and oxygen atoms in total. The van der Waals surface area contributed by atoms with E-state index in [1.165, 1.54) is 7.11 Å². The molecule has 5 atom stereocenters. The molecule has 0 spiro atoms. The van der Waals surface area contributed by atoms with Crippen LogP contribution in [0.3, 0.4) is 0 Å². The lowest BCUT2D eigenvalue weighted by molar-refractivity contribution is -0.128. The van der Waals surface area contributed by atoms with E-state index in [9.17, 15) is 5.11 Å². The summed E-state index contributed by atoms with van der Waals surface area (Å²) in [5, 5.41) is 18.8. The van der Waals surface area contributed by atoms with Crippen LogP contribution in [0.2, 0.25) is 0 Å². The Kier molecular flexibility index (Phi) is 4.07. The molecule has 2 fully saturated rings. The molecule has 3 rings (SSSR count). The van der Waals surface area contributed by atoms with Gasteiger partial charge in [-0.15, -0.1) is 0 Å². The second-order valence-corrected chi connectivity index (χ2v) is 4.90. The van der Waals surface area contributed by atoms with Gasteiger partial charge < -0.3 is 29.0 Å². The number of fused-ring (bicyclic) bond motifs is 1. The van der Waals surface area contributed by atoms with E-state index in [4.69, 9.17) is 23.9 Å². The van der Waals surface area contributed by atoms with Gasteiger partial charge in [-0.25, -0.2) is 0 Å². The maximum absolute atomic E-state index is 9.73. The first-order valence-electron chi connectivity index (χ1n) is 6.57. The topological polar surface area (TPSA) is 77.4 Å². The monoisotopic (exact) mass is 280 g/mol. The zero-order valence-electron chi connectivity index (χ0n) is 11.1. The van der Waals surface area contributed by atoms with E-state index < -0.39 is 44.4 Å². The summed E-state index contributed by atoms with van der Waals surface area (Å²) >= 11 is 0. The van der Waals surface area contributed by atoms with Gasteiger partial charge in [0.15, 0.2) is 6.29 Å². The Morgan fingerprint density at radius 1 is 1.30 bits per heavy atom. The van der Waals surface area contributed by atoms with Gasteiger partial charge in [-0.1, -0.05) is 30.3 Å². The van der Waals surface area contributed by atoms with Crippen molar-refractivity contribution in [2.45, 2.75) is 30.7 Å². The first kappa shape index (κ1) is 14.0. The third-order valence-electron chi connectivity index (χ3n) is 3.66. The highest BCUT2D eigenvalue weighted by molar-refractivity contribution is 6.61. The Labute approximate surface area is 117 Å². The van der Waals surface area contributed by atoms with E-state index in [1.807, 2.05) is 30.3 Å². The Bertz CT molecular complexity index is 444. The van der Waals surface area contributed by atoms with Crippen LogP contribution >= 0.6 is 0 Å². The fourth-order valence-electron chi connectivity index (χ4n) is 2.65. The summed E-state index contributed by atoms with van der Waals surface area (Å²) in [7, 11) is 1.02. The molecule has 7 heteroatoms. The van der Waals surface area contributed by atoms with Gasteiger partial charge in [-0.3, -0.25) is 0 Å². The minimum absolute atomic E-state index is 0.397. The SMILES string of the molecule is CO[C@@H]1[C@H]2OB(c3ccccc3)O[C@H]2O[C@@H]1[C@H](O)CO. The van der Waals surface area contributed by atoms with Gasteiger partial charge >= 0.3 is 7.12 Å². The van der Waals surface area contributed by atoms with Crippen molar-refractivity contribution in [3.63, 3.8) is 0 Å². The molecule has 1 aromatic rings. The van der Waals surface area contributed by atoms with E-state index in [2.05, 4.69) is 0 Å². The van der Waals surface area contributed by atoms with Crippen LogP contribution in [0, 0.1) is 0 Å². The second kappa shape index (κ2) is 5.81. The van der Waals surface area contributed by atoms with Crippen LogP contribution in [0.25, 0.3) is 0 Å². The number of methoxy groups -OCH3 is 1. The number of hydrogen-bond acceptors (Lipinski definition) is 6. The molecule has 0 aromatic heterocycles. The van der Waals surface area contributed by atoms with Crippen molar-refractivity contribution in [1.29, 1.82) is 0 Å². The first-order chi connectivity index (χ1) is 9.74. The standard InChI is InChI=1S/C13H17BO6/c1-17-11-10(9(16)7-15)18-13-12(11)19-14(20-13)8-5-3-2-4-6-8/h2-6,9-13,15-16H,7H2,1H3/t9-,10-,11+,12-,13-/m1/s1. The van der Waals surface area contributed by atoms with E-state index in [0.717, 1.165) is 5.46 Å². The van der Waals surface area contributed by atoms with E-state index >= 15 is 0 Å². The van der Waals surface area contributed by atoms with Crippen LogP contribution in [0.4, 0.5) is 0 Å². The van der Waals surface area contributed by atoms with Crippen LogP contribution in [-0.2, 0) is 18.8 Å². The molecule has 1 aromatic carbocycles. The molecule has 2 heterocycles. The van der Waals surface area contributed by atoms with Crippen LogP contribution in [0.15, 0.2) is 30.3 Å². The predicted molar refractivity (Wildman–Crippen MR) is 70.3 cm³/mol. The second-order valence-electron chi connectivity index (χ2n) is 4.90. The Morgan fingerprint density at radius 2 is 2.05 bits per heavy atom. The van der Waals surface area contributed by atoms with E-state index in [-0.39, 0.29) is 0 Å². The molecule has 2 saturated heterocycles. The number of rotatable bonds is 4. The van der Waals surface area contributed by atoms with Crippen LogP contribution in [0.1, 0.15) is 0 Å². The summed E-state index contributed by atoms with van der Waals surface area (Å²) in [6, 6.07) is 9.55. The lowest BCUT2D eigenvalue weighted by atomic mass is 9.79. The number of hydrogen-bond donors (Lipinski definition) is 2. The van der Waals surface area contributed by atoms with Gasteiger partial charge in [0.2, 0.25) is 0 Å². The predicted octanol–water partition coefficient (Wildman–Crippen LogP) is -1.11. The smallest absolute Gasteiger partial charge is 0.396 e. The Balaban J connectivity index is 1.72. The minimum atomic E-state index is -1.02. The van der Waals surface area contributed by atoms with Crippen LogP contribution < -0.4 is 5.46 Å². The average Bonchev–Trinajstić information content (AvgIpc) is 3.04. The Hall–Kier alpha value is -0.955. The summed E-state index contributed by atoms with van der Waals surface area (Å²) in [6.07, 6.45) is -3.17. The number of benzene rings is 1. The summed E-state index contributed by atoms with van der Waals surface area (Å²) < 4.78 is 22.5. The third-order valence-corrected chi connectivity index (χ3v) is 3.66. The van der Waals surface area contributed by atoms with Gasteiger partial charge in [-0.05, 0) is 5.46 Å². The molecule has 2 aliphatic heterocycles. The van der Waals surface area contributed by atoms with Crippen LogP contribution in [-0.4, -0.2) is 61.8 Å². The molecule has 0 aliphatic carbocycles. The maximum Gasteiger partial charge on any atom is 0.496 e. The largest absolute Gasteiger partial charge is 0.496 e. The van der Waals surface area contributed by atoms with Crippen molar-refractivity contribution in [2.75, 3.05) is 13.7 Å². The lowest BCUT2D eigenvalue weighted by Crippen LogP contribution is -2.44. The van der Waals surface area contributed by atoms with Crippen molar-refractivity contribution in [3.8, 4) is 0 Å². The molecular formula is C13H17BO6. The van der Waals surface area contributed by atoms with Gasteiger partial charge in [-0.2, -0.15) is 0 Å². The van der Waals surface area contributed by atoms with Gasteiger partial charge in [0.25, 0.3) is 0 Å². The van der Waals surface area contributed by atoms with E-state index in [1.54, 1.807) is 0 Å². The molecule has 2 aliphatic rings. The van der Waals surface area contributed by atoms with Gasteiger partial charge in [0.1, 0.15) is 24.4 Å². The fraction of sp³-hybridized carbons (Fsp3) is 0.538. The lowest BCUT2D eigenvalue weighted by Gasteiger charge is -2.24. The highest BCUT2D eigenvalue weighted by Crippen LogP contribution is 2.33. The number of ether oxygens (including phenoxy) is 2. The van der Waals surface area contributed by atoms with Crippen LogP contribution in [0.5, 0.6) is 0 Å². The molecule has 2 N–H and O–H groups in total. The average molecular weight is 280 g/mol. The van der Waals surface area contributed by atoms with Crippen molar-refractivity contribution >= 4 is 12.6 Å². The maximum atomic E-state index is 9.73. The van der Waals surface area contributed by atoms with Crippen molar-refractivity contribution in [3.05, 3.63) is 30.3 Å². The van der Waals surface area contributed by atoms with Gasteiger partial charge in [0.05, 0.1) is 6.61 Å². The third kappa shape index (κ3) is 2.37. The highest BCUT2D eigenvalue weighted by atomic mass is 16.8. The first-order valence-corrected chi connectivity index (χ1v) is 6.57. The molecule has 0 unspecified atom stereocenters. The minimum Gasteiger partial charge on any atom is -0.396 e. The molecule has 0 bridgehead atoms. The number of aliphatic hydroxyl groups excluding tert-OH is 2. The Morgan fingerprint density at radius 3 is 2.70 bits per heavy atom. The van der Waals surface area contributed by atoms with Crippen molar-refractivity contribution < 1.29 is 29.0 Å². The van der Waals surface area contributed by atoms with E-state index in [0.29, 0.717) is 0 Å². The normalized spacial score (nSPS) is 34.2. The summed E-state index contributed by atoms with van der Waals surface area (Å²) in [6.45, 7) is -0.397. The molecule has 0 amide bonds. The molecule has 0 saturated carbocycles. The summed E-state index contributed by atoms with van der Waals surface area (Å²) in [5.74, 6) is 0. The highest BCUT2D eigenvalue weighted by Gasteiger charge is 2.55. The number of aliphatic hydroxyl groups is 2. The molecule has 108 valence electrons. The summed E-state index contributed by atoms with van der Waals surface area (Å²) in [4.78, 5) is 0. The van der Waals surface area contributed by atoms with Crippen molar-refractivity contribution in [1.82, 2.24) is 0 Å². The zero-order chi connectivity index (χ0) is 14.1. The summed E-state index contributed by atoms with van der Waals surface area (Å²) in [5.41, 5.74) is 0.902. The molecular weight excluding hydrogens is 263 g/mol. The zero-order valence-corrected chi connectivity index (χ0v) is 11.1. The molecule has 20 heavy (non-hydrogen) atoms. The van der Waals surface area contributed by atoms with Crippen molar-refractivity contribution in [2.24, 2.45) is 0 Å². The quantitative estimate of drug-likeness (QED) is 0.681. The fourth-order valence-corrected chi connectivity index (χ4v) is 2.65.